The summed E-state index contributed by atoms with van der Waals surface area (Å²) in [6.07, 6.45) is 1.07. The van der Waals surface area contributed by atoms with Gasteiger partial charge in [-0.15, -0.1) is 0 Å². The van der Waals surface area contributed by atoms with Gasteiger partial charge < -0.3 is 10.6 Å². The molecule has 0 saturated carbocycles. The molecule has 0 heterocycles. The zero-order valence-corrected chi connectivity index (χ0v) is 13.8. The van der Waals surface area contributed by atoms with Crippen molar-refractivity contribution in [3.8, 4) is 0 Å². The topological polar surface area (TPSA) is 41.1 Å². The first-order chi connectivity index (χ1) is 10.1. The van der Waals surface area contributed by atoms with Gasteiger partial charge in [-0.05, 0) is 65.2 Å². The predicted molar refractivity (Wildman–Crippen MR) is 92.1 cm³/mol. The van der Waals surface area contributed by atoms with Crippen molar-refractivity contribution in [2.24, 2.45) is 0 Å². The van der Waals surface area contributed by atoms with Crippen LogP contribution in [0.15, 0.2) is 46.9 Å². The van der Waals surface area contributed by atoms with Crippen LogP contribution in [0.25, 0.3) is 0 Å². The first kappa shape index (κ1) is 15.6. The summed E-state index contributed by atoms with van der Waals surface area (Å²) in [5.74, 6) is -0.0959. The molecule has 0 atom stereocenters. The molecule has 0 spiro atoms. The van der Waals surface area contributed by atoms with Gasteiger partial charge in [0.25, 0.3) is 5.91 Å². The van der Waals surface area contributed by atoms with Gasteiger partial charge in [-0.1, -0.05) is 19.1 Å². The van der Waals surface area contributed by atoms with Crippen molar-refractivity contribution in [1.29, 1.82) is 0 Å². The van der Waals surface area contributed by atoms with Gasteiger partial charge in [0.2, 0.25) is 0 Å². The highest BCUT2D eigenvalue weighted by molar-refractivity contribution is 9.10. The fourth-order valence-corrected chi connectivity index (χ4v) is 2.43. The molecule has 2 rings (SSSR count). The van der Waals surface area contributed by atoms with E-state index in [9.17, 15) is 4.79 Å². The lowest BCUT2D eigenvalue weighted by Gasteiger charge is -2.11. The molecule has 0 saturated heterocycles. The van der Waals surface area contributed by atoms with Gasteiger partial charge in [-0.2, -0.15) is 0 Å². The third-order valence-corrected chi connectivity index (χ3v) is 3.86. The molecule has 4 heteroatoms. The molecule has 0 radical (unpaired) electrons. The van der Waals surface area contributed by atoms with E-state index < -0.39 is 0 Å². The lowest BCUT2D eigenvalue weighted by atomic mass is 10.1. The molecule has 110 valence electrons. The van der Waals surface area contributed by atoms with Crippen LogP contribution in [0.1, 0.15) is 29.3 Å². The summed E-state index contributed by atoms with van der Waals surface area (Å²) >= 11 is 3.43. The number of nitrogens with one attached hydrogen (secondary N) is 2. The lowest BCUT2D eigenvalue weighted by molar-refractivity contribution is 0.102. The van der Waals surface area contributed by atoms with Crippen molar-refractivity contribution >= 4 is 33.2 Å². The lowest BCUT2D eigenvalue weighted by Crippen LogP contribution is -2.14. The molecule has 2 aromatic rings. The van der Waals surface area contributed by atoms with Crippen molar-refractivity contribution in [1.82, 2.24) is 0 Å². The number of carbonyl (C=O) groups is 1. The fourth-order valence-electron chi connectivity index (χ4n) is 2.05. The molecule has 0 aliphatic carbocycles. The van der Waals surface area contributed by atoms with Crippen LogP contribution in [0, 0.1) is 6.92 Å². The highest BCUT2D eigenvalue weighted by atomic mass is 79.9. The molecule has 2 aromatic carbocycles. The molecule has 0 aliphatic rings. The molecular weight excluding hydrogens is 328 g/mol. The first-order valence-electron chi connectivity index (χ1n) is 7.02. The minimum absolute atomic E-state index is 0.0959. The first-order valence-corrected chi connectivity index (χ1v) is 7.81. The van der Waals surface area contributed by atoms with Crippen LogP contribution >= 0.6 is 15.9 Å². The summed E-state index contributed by atoms with van der Waals surface area (Å²) in [7, 11) is 0. The zero-order valence-electron chi connectivity index (χ0n) is 12.2. The van der Waals surface area contributed by atoms with Gasteiger partial charge in [-0.25, -0.2) is 0 Å². The van der Waals surface area contributed by atoms with Crippen molar-refractivity contribution in [2.75, 3.05) is 17.2 Å². The largest absolute Gasteiger partial charge is 0.385 e. The van der Waals surface area contributed by atoms with Crippen molar-refractivity contribution < 1.29 is 4.79 Å². The number of amides is 1. The molecule has 21 heavy (non-hydrogen) atoms. The molecule has 2 N–H and O–H groups in total. The monoisotopic (exact) mass is 346 g/mol. The van der Waals surface area contributed by atoms with Crippen LogP contribution in [-0.2, 0) is 0 Å². The van der Waals surface area contributed by atoms with E-state index in [1.165, 1.54) is 0 Å². The van der Waals surface area contributed by atoms with E-state index in [1.807, 2.05) is 49.4 Å². The molecule has 3 nitrogen and oxygen atoms in total. The Bertz CT molecular complexity index is 640. The SMILES string of the molecule is CCCNc1ccc(C(=O)Nc2ccccc2Br)c(C)c1. The summed E-state index contributed by atoms with van der Waals surface area (Å²) < 4.78 is 0.872. The van der Waals surface area contributed by atoms with Crippen LogP contribution in [0.5, 0.6) is 0 Å². The van der Waals surface area contributed by atoms with Crippen molar-refractivity contribution in [3.63, 3.8) is 0 Å². The second-order valence-electron chi connectivity index (χ2n) is 4.89. The van der Waals surface area contributed by atoms with E-state index in [-0.39, 0.29) is 5.91 Å². The van der Waals surface area contributed by atoms with E-state index in [2.05, 4.69) is 33.5 Å². The second kappa shape index (κ2) is 7.27. The zero-order chi connectivity index (χ0) is 15.2. The number of halogens is 1. The summed E-state index contributed by atoms with van der Waals surface area (Å²) in [5, 5.41) is 6.24. The molecule has 0 bridgehead atoms. The Labute approximate surface area is 133 Å². The minimum Gasteiger partial charge on any atom is -0.385 e. The summed E-state index contributed by atoms with van der Waals surface area (Å²) in [6.45, 7) is 5.01. The van der Waals surface area contributed by atoms with Crippen molar-refractivity contribution in [3.05, 3.63) is 58.1 Å². The summed E-state index contributed by atoms with van der Waals surface area (Å²) in [4.78, 5) is 12.4. The van der Waals surface area contributed by atoms with E-state index in [0.29, 0.717) is 5.56 Å². The van der Waals surface area contributed by atoms with Crippen molar-refractivity contribution in [2.45, 2.75) is 20.3 Å². The maximum atomic E-state index is 12.4. The molecule has 0 aromatic heterocycles. The Morgan fingerprint density at radius 1 is 1.19 bits per heavy atom. The molecule has 0 aliphatic heterocycles. The van der Waals surface area contributed by atoms with E-state index in [0.717, 1.165) is 34.4 Å². The number of carbonyl (C=O) groups excluding carboxylic acids is 1. The number of benzene rings is 2. The fraction of sp³-hybridized carbons (Fsp3) is 0.235. The number of anilines is 2. The Morgan fingerprint density at radius 2 is 1.95 bits per heavy atom. The van der Waals surface area contributed by atoms with Crippen LogP contribution in [0.2, 0.25) is 0 Å². The highest BCUT2D eigenvalue weighted by Gasteiger charge is 2.11. The van der Waals surface area contributed by atoms with E-state index >= 15 is 0 Å². The molecular formula is C17H19BrN2O. The van der Waals surface area contributed by atoms with Crippen LogP contribution in [-0.4, -0.2) is 12.5 Å². The Balaban J connectivity index is 2.14. The van der Waals surface area contributed by atoms with Gasteiger partial charge >= 0.3 is 0 Å². The summed E-state index contributed by atoms with van der Waals surface area (Å²) in [5.41, 5.74) is 3.47. The van der Waals surface area contributed by atoms with E-state index in [4.69, 9.17) is 0 Å². The molecule has 0 unspecified atom stereocenters. The second-order valence-corrected chi connectivity index (χ2v) is 5.74. The maximum absolute atomic E-state index is 12.4. The predicted octanol–water partition coefficient (Wildman–Crippen LogP) is 4.83. The average molecular weight is 347 g/mol. The average Bonchev–Trinajstić information content (AvgIpc) is 2.47. The number of hydrogen-bond acceptors (Lipinski definition) is 2. The number of rotatable bonds is 5. The number of aryl methyl sites for hydroxylation is 1. The van der Waals surface area contributed by atoms with Gasteiger partial charge in [-0.3, -0.25) is 4.79 Å². The highest BCUT2D eigenvalue weighted by Crippen LogP contribution is 2.23. The molecule has 0 fully saturated rings. The summed E-state index contributed by atoms with van der Waals surface area (Å²) in [6, 6.07) is 13.4. The third-order valence-electron chi connectivity index (χ3n) is 3.17. The van der Waals surface area contributed by atoms with Gasteiger partial charge in [0, 0.05) is 22.3 Å². The Kier molecular flexibility index (Phi) is 5.39. The normalized spacial score (nSPS) is 10.2. The van der Waals surface area contributed by atoms with Gasteiger partial charge in [0.15, 0.2) is 0 Å². The standard InChI is InChI=1S/C17H19BrN2O/c1-3-10-19-13-8-9-14(12(2)11-13)17(21)20-16-7-5-4-6-15(16)18/h4-9,11,19H,3,10H2,1-2H3,(H,20,21). The third kappa shape index (κ3) is 4.08. The Hall–Kier alpha value is -1.81. The maximum Gasteiger partial charge on any atom is 0.255 e. The molecule has 1 amide bonds. The smallest absolute Gasteiger partial charge is 0.255 e. The van der Waals surface area contributed by atoms with Crippen LogP contribution in [0.4, 0.5) is 11.4 Å². The van der Waals surface area contributed by atoms with Gasteiger partial charge in [0.1, 0.15) is 0 Å². The van der Waals surface area contributed by atoms with E-state index in [1.54, 1.807) is 0 Å². The number of para-hydroxylation sites is 1. The number of hydrogen-bond donors (Lipinski definition) is 2. The van der Waals surface area contributed by atoms with Crippen LogP contribution < -0.4 is 10.6 Å². The minimum atomic E-state index is -0.0959. The van der Waals surface area contributed by atoms with Gasteiger partial charge in [0.05, 0.1) is 5.69 Å². The quantitative estimate of drug-likeness (QED) is 0.813. The Morgan fingerprint density at radius 3 is 2.62 bits per heavy atom. The van der Waals surface area contributed by atoms with Crippen LogP contribution in [0.3, 0.4) is 0 Å².